The maximum absolute atomic E-state index is 14.1. The summed E-state index contributed by atoms with van der Waals surface area (Å²) < 4.78 is 20.9. The lowest BCUT2D eigenvalue weighted by molar-refractivity contribution is -0.140. The van der Waals surface area contributed by atoms with Crippen LogP contribution in [0.15, 0.2) is 54.9 Å². The average Bonchev–Trinajstić information content (AvgIpc) is 3.69. The van der Waals surface area contributed by atoms with Gasteiger partial charge in [0.05, 0.1) is 6.04 Å². The number of pyridine rings is 1. The molecule has 0 bridgehead atoms. The Morgan fingerprint density at radius 3 is 2.60 bits per heavy atom. The molecule has 2 aromatic heterocycles. The minimum Gasteiger partial charge on any atom is -0.381 e. The van der Waals surface area contributed by atoms with E-state index in [2.05, 4.69) is 15.6 Å². The summed E-state index contributed by atoms with van der Waals surface area (Å²) in [6, 6.07) is 10.6. The fourth-order valence-electron chi connectivity index (χ4n) is 5.98. The van der Waals surface area contributed by atoms with Gasteiger partial charge in [-0.05, 0) is 81.8 Å². The molecule has 0 saturated carbocycles. The smallest absolute Gasteiger partial charge is 0.274 e. The molecule has 10 nitrogen and oxygen atoms in total. The maximum atomic E-state index is 14.1. The highest BCUT2D eigenvalue weighted by molar-refractivity contribution is 5.93. The molecule has 2 fully saturated rings. The van der Waals surface area contributed by atoms with Crippen molar-refractivity contribution in [1.82, 2.24) is 29.8 Å². The highest BCUT2D eigenvalue weighted by Crippen LogP contribution is 2.26. The summed E-state index contributed by atoms with van der Waals surface area (Å²) in [5.74, 6) is -0.875. The molecule has 11 heteroatoms. The van der Waals surface area contributed by atoms with Gasteiger partial charge in [-0.3, -0.25) is 14.4 Å². The third kappa shape index (κ3) is 7.40. The van der Waals surface area contributed by atoms with Crippen LogP contribution < -0.4 is 10.6 Å². The number of halogens is 1. The van der Waals surface area contributed by atoms with Gasteiger partial charge in [0, 0.05) is 51.3 Å². The van der Waals surface area contributed by atoms with Gasteiger partial charge in [-0.1, -0.05) is 18.2 Å². The zero-order valence-corrected chi connectivity index (χ0v) is 24.9. The first kappa shape index (κ1) is 30.6. The van der Waals surface area contributed by atoms with Crippen molar-refractivity contribution in [2.45, 2.75) is 57.2 Å². The van der Waals surface area contributed by atoms with Gasteiger partial charge in [0.2, 0.25) is 11.8 Å². The summed E-state index contributed by atoms with van der Waals surface area (Å²) in [6.45, 7) is 4.16. The van der Waals surface area contributed by atoms with E-state index in [1.807, 2.05) is 33.7 Å². The highest BCUT2D eigenvalue weighted by atomic mass is 19.1. The Morgan fingerprint density at radius 2 is 1.88 bits per heavy atom. The SMILES string of the molecule is CNC(C)C(=O)NC(C(=O)N1CCCC1CN(CCc1ccc(F)cc1)C(=O)c1cn2ccccc2n1)C1CCOCC1. The predicted octanol–water partition coefficient (Wildman–Crippen LogP) is 2.67. The lowest BCUT2D eigenvalue weighted by Gasteiger charge is -2.36. The first-order valence-electron chi connectivity index (χ1n) is 15.2. The molecule has 3 unspecified atom stereocenters. The molecule has 2 aliphatic rings. The summed E-state index contributed by atoms with van der Waals surface area (Å²) in [4.78, 5) is 49.1. The van der Waals surface area contributed by atoms with Crippen molar-refractivity contribution in [2.75, 3.05) is 39.9 Å². The van der Waals surface area contributed by atoms with Crippen molar-refractivity contribution in [3.63, 3.8) is 0 Å². The van der Waals surface area contributed by atoms with Crippen molar-refractivity contribution in [3.8, 4) is 0 Å². The Bertz CT molecular complexity index is 1370. The lowest BCUT2D eigenvalue weighted by atomic mass is 9.90. The van der Waals surface area contributed by atoms with Crippen LogP contribution in [0.4, 0.5) is 4.39 Å². The summed E-state index contributed by atoms with van der Waals surface area (Å²) in [7, 11) is 1.71. The number of hydrogen-bond acceptors (Lipinski definition) is 6. The molecular formula is C32H41FN6O4. The van der Waals surface area contributed by atoms with Crippen LogP contribution in [0.25, 0.3) is 5.65 Å². The molecule has 3 atom stereocenters. The quantitative estimate of drug-likeness (QED) is 0.355. The number of hydrogen-bond donors (Lipinski definition) is 2. The molecule has 0 aliphatic carbocycles. The third-order valence-electron chi connectivity index (χ3n) is 8.67. The van der Waals surface area contributed by atoms with Crippen LogP contribution in [0, 0.1) is 11.7 Å². The highest BCUT2D eigenvalue weighted by Gasteiger charge is 2.40. The van der Waals surface area contributed by atoms with E-state index in [1.54, 1.807) is 37.2 Å². The maximum Gasteiger partial charge on any atom is 0.274 e. The van der Waals surface area contributed by atoms with Gasteiger partial charge >= 0.3 is 0 Å². The van der Waals surface area contributed by atoms with E-state index in [0.717, 1.165) is 18.4 Å². The number of carbonyl (C=O) groups excluding carboxylic acids is 3. The number of benzene rings is 1. The van der Waals surface area contributed by atoms with E-state index in [-0.39, 0.29) is 35.5 Å². The number of amides is 3. The lowest BCUT2D eigenvalue weighted by Crippen LogP contribution is -2.58. The topological polar surface area (TPSA) is 108 Å². The molecule has 2 saturated heterocycles. The number of aromatic nitrogens is 2. The van der Waals surface area contributed by atoms with Crippen LogP contribution in [-0.2, 0) is 20.7 Å². The molecule has 3 aromatic rings. The minimum atomic E-state index is -0.658. The van der Waals surface area contributed by atoms with E-state index < -0.39 is 12.1 Å². The Hall–Kier alpha value is -3.83. The van der Waals surface area contributed by atoms with Crippen LogP contribution in [0.5, 0.6) is 0 Å². The second-order valence-electron chi connectivity index (χ2n) is 11.5. The Labute approximate surface area is 251 Å². The molecule has 230 valence electrons. The van der Waals surface area contributed by atoms with Crippen molar-refractivity contribution >= 4 is 23.4 Å². The van der Waals surface area contributed by atoms with Gasteiger partial charge in [-0.2, -0.15) is 0 Å². The molecule has 0 radical (unpaired) electrons. The van der Waals surface area contributed by atoms with Gasteiger partial charge in [-0.25, -0.2) is 9.37 Å². The van der Waals surface area contributed by atoms with Crippen molar-refractivity contribution < 1.29 is 23.5 Å². The van der Waals surface area contributed by atoms with Crippen molar-refractivity contribution in [1.29, 1.82) is 0 Å². The first-order valence-corrected chi connectivity index (χ1v) is 15.2. The number of fused-ring (bicyclic) bond motifs is 1. The number of likely N-dealkylation sites (tertiary alicyclic amines) is 1. The minimum absolute atomic E-state index is 0.0234. The van der Waals surface area contributed by atoms with Crippen molar-refractivity contribution in [3.05, 3.63) is 71.9 Å². The van der Waals surface area contributed by atoms with Gasteiger partial charge < -0.3 is 29.6 Å². The monoisotopic (exact) mass is 592 g/mol. The number of carbonyl (C=O) groups is 3. The van der Waals surface area contributed by atoms with E-state index in [1.165, 1.54) is 12.1 Å². The largest absolute Gasteiger partial charge is 0.381 e. The van der Waals surface area contributed by atoms with E-state index >= 15 is 0 Å². The zero-order chi connectivity index (χ0) is 30.3. The molecule has 2 aliphatic heterocycles. The van der Waals surface area contributed by atoms with Crippen LogP contribution >= 0.6 is 0 Å². The Balaban J connectivity index is 1.36. The number of rotatable bonds is 11. The van der Waals surface area contributed by atoms with Crippen LogP contribution in [0.3, 0.4) is 0 Å². The van der Waals surface area contributed by atoms with E-state index in [4.69, 9.17) is 4.74 Å². The second-order valence-corrected chi connectivity index (χ2v) is 11.5. The fourth-order valence-corrected chi connectivity index (χ4v) is 5.98. The van der Waals surface area contributed by atoms with Gasteiger partial charge in [0.15, 0.2) is 0 Å². The summed E-state index contributed by atoms with van der Waals surface area (Å²) >= 11 is 0. The molecule has 4 heterocycles. The molecular weight excluding hydrogens is 551 g/mol. The molecule has 2 N–H and O–H groups in total. The third-order valence-corrected chi connectivity index (χ3v) is 8.67. The van der Waals surface area contributed by atoms with Crippen molar-refractivity contribution in [2.24, 2.45) is 5.92 Å². The number of nitrogens with zero attached hydrogens (tertiary/aromatic N) is 4. The Morgan fingerprint density at radius 1 is 1.12 bits per heavy atom. The molecule has 43 heavy (non-hydrogen) atoms. The predicted molar refractivity (Wildman–Crippen MR) is 160 cm³/mol. The molecule has 5 rings (SSSR count). The number of ether oxygens (including phenoxy) is 1. The average molecular weight is 593 g/mol. The summed E-state index contributed by atoms with van der Waals surface area (Å²) in [5, 5.41) is 5.98. The fraction of sp³-hybridized carbons (Fsp3) is 0.500. The van der Waals surface area contributed by atoms with Gasteiger partial charge in [-0.15, -0.1) is 0 Å². The van der Waals surface area contributed by atoms with E-state index in [0.29, 0.717) is 63.5 Å². The van der Waals surface area contributed by atoms with Crippen LogP contribution in [-0.4, -0.2) is 94.9 Å². The van der Waals surface area contributed by atoms with Gasteiger partial charge in [0.1, 0.15) is 23.2 Å². The van der Waals surface area contributed by atoms with Crippen LogP contribution in [0.1, 0.15) is 48.7 Å². The zero-order valence-electron chi connectivity index (χ0n) is 24.9. The number of imidazole rings is 1. The molecule has 3 amide bonds. The standard InChI is InChI=1S/C32H41FN6O4/c1-22(34-2)30(40)36-29(24-13-18-43-19-14-24)32(42)39-16-5-6-26(39)20-38(17-12-23-8-10-25(33)11-9-23)31(41)27-21-37-15-4-3-7-28(37)35-27/h3-4,7-11,15,21-22,24,26,29,34H,5-6,12-14,16-20H2,1-2H3,(H,36,40). The number of nitrogens with one attached hydrogen (secondary N) is 2. The van der Waals surface area contributed by atoms with Crippen LogP contribution in [0.2, 0.25) is 0 Å². The number of likely N-dealkylation sites (N-methyl/N-ethyl adjacent to an activating group) is 1. The Kier molecular flexibility index (Phi) is 10.0. The van der Waals surface area contributed by atoms with Gasteiger partial charge in [0.25, 0.3) is 5.91 Å². The second kappa shape index (κ2) is 14.1. The molecule has 0 spiro atoms. The summed E-state index contributed by atoms with van der Waals surface area (Å²) in [5.41, 5.74) is 1.91. The first-order chi connectivity index (χ1) is 20.8. The summed E-state index contributed by atoms with van der Waals surface area (Å²) in [6.07, 6.45) is 7.05. The normalized spacial score (nSPS) is 18.9. The van der Waals surface area contributed by atoms with E-state index in [9.17, 15) is 18.8 Å². The molecule has 1 aromatic carbocycles.